The Morgan fingerprint density at radius 1 is 0.783 bits per heavy atom. The summed E-state index contributed by atoms with van der Waals surface area (Å²) >= 11 is 0. The number of hydrogen-bond acceptors (Lipinski definition) is 1. The van der Waals surface area contributed by atoms with Gasteiger partial charge in [-0.2, -0.15) is 0 Å². The minimum atomic E-state index is -0.280. The quantitative estimate of drug-likeness (QED) is 0.692. The molecule has 0 radical (unpaired) electrons. The fourth-order valence-electron chi connectivity index (χ4n) is 4.84. The van der Waals surface area contributed by atoms with Crippen molar-refractivity contribution >= 4 is 0 Å². The van der Waals surface area contributed by atoms with E-state index in [9.17, 15) is 0 Å². The Bertz CT molecular complexity index is 609. The van der Waals surface area contributed by atoms with Gasteiger partial charge in [0.15, 0.2) is 0 Å². The third-order valence-corrected chi connectivity index (χ3v) is 6.11. The predicted molar refractivity (Wildman–Crippen MR) is 94.3 cm³/mol. The first-order valence-corrected chi connectivity index (χ1v) is 9.06. The van der Waals surface area contributed by atoms with Crippen molar-refractivity contribution in [3.05, 3.63) is 71.8 Å². The number of hydrogen-bond donors (Lipinski definition) is 0. The highest BCUT2D eigenvalue weighted by Gasteiger charge is 2.65. The summed E-state index contributed by atoms with van der Waals surface area (Å²) in [5, 5.41) is 0. The summed E-state index contributed by atoms with van der Waals surface area (Å²) in [6.45, 7) is 2.46. The van der Waals surface area contributed by atoms with Gasteiger partial charge in [-0.3, -0.25) is 0 Å². The molecule has 0 amide bonds. The van der Waals surface area contributed by atoms with E-state index in [4.69, 9.17) is 4.74 Å². The van der Waals surface area contributed by atoms with Gasteiger partial charge < -0.3 is 4.74 Å². The molecule has 0 spiro atoms. The van der Waals surface area contributed by atoms with E-state index in [0.29, 0.717) is 6.10 Å². The lowest BCUT2D eigenvalue weighted by atomic mass is 9.55. The Morgan fingerprint density at radius 2 is 1.35 bits per heavy atom. The second-order valence-corrected chi connectivity index (χ2v) is 7.39. The topological polar surface area (TPSA) is 9.23 Å². The average molecular weight is 306 g/mol. The predicted octanol–water partition coefficient (Wildman–Crippen LogP) is 5.69. The highest BCUT2D eigenvalue weighted by Crippen LogP contribution is 2.63. The van der Waals surface area contributed by atoms with Crippen LogP contribution in [0.3, 0.4) is 0 Å². The van der Waals surface area contributed by atoms with Gasteiger partial charge in [0.25, 0.3) is 0 Å². The molecule has 1 saturated carbocycles. The number of rotatable bonds is 2. The van der Waals surface area contributed by atoms with Gasteiger partial charge in [0, 0.05) is 5.41 Å². The molecule has 1 aliphatic carbocycles. The van der Waals surface area contributed by atoms with Crippen molar-refractivity contribution in [1.29, 1.82) is 0 Å². The average Bonchev–Trinajstić information content (AvgIpc) is 2.60. The van der Waals surface area contributed by atoms with Crippen LogP contribution in [0.25, 0.3) is 0 Å². The van der Waals surface area contributed by atoms with Gasteiger partial charge in [-0.25, -0.2) is 0 Å². The first-order valence-electron chi connectivity index (χ1n) is 9.06. The summed E-state index contributed by atoms with van der Waals surface area (Å²) in [5.74, 6) is 0. The van der Waals surface area contributed by atoms with E-state index >= 15 is 0 Å². The fraction of sp³-hybridized carbons (Fsp3) is 0.455. The standard InChI is InChI=1S/C22H26O/c1-21-17-11-3-2-10-16-20(21)23-22(21,18-12-6-4-7-13-18)19-14-8-5-9-15-19/h4-9,12-15,20H,2-3,10-11,16-17H2,1H3/t20-,21+/m1/s1. The molecule has 2 fully saturated rings. The Hall–Kier alpha value is -1.60. The van der Waals surface area contributed by atoms with Crippen molar-refractivity contribution in [2.45, 2.75) is 57.2 Å². The molecule has 2 aromatic rings. The molecule has 1 aliphatic heterocycles. The Kier molecular flexibility index (Phi) is 3.77. The normalized spacial score (nSPS) is 29.7. The van der Waals surface area contributed by atoms with Gasteiger partial charge in [-0.15, -0.1) is 0 Å². The third-order valence-electron chi connectivity index (χ3n) is 6.11. The number of benzene rings is 2. The summed E-state index contributed by atoms with van der Waals surface area (Å²) in [6.07, 6.45) is 8.20. The summed E-state index contributed by atoms with van der Waals surface area (Å²) in [6, 6.07) is 21.7. The Labute approximate surface area is 139 Å². The van der Waals surface area contributed by atoms with Crippen molar-refractivity contribution in [2.24, 2.45) is 5.41 Å². The second-order valence-electron chi connectivity index (χ2n) is 7.39. The molecule has 2 aromatic carbocycles. The largest absolute Gasteiger partial charge is 0.361 e. The van der Waals surface area contributed by atoms with E-state index in [1.807, 2.05) is 0 Å². The van der Waals surface area contributed by atoms with Crippen molar-refractivity contribution in [3.63, 3.8) is 0 Å². The van der Waals surface area contributed by atoms with Crippen LogP contribution in [0.4, 0.5) is 0 Å². The molecule has 1 saturated heterocycles. The molecule has 2 aliphatic rings. The van der Waals surface area contributed by atoms with Crippen LogP contribution < -0.4 is 0 Å². The Balaban J connectivity index is 1.85. The summed E-state index contributed by atoms with van der Waals surface area (Å²) in [7, 11) is 0. The first kappa shape index (κ1) is 15.0. The smallest absolute Gasteiger partial charge is 0.126 e. The third kappa shape index (κ3) is 2.17. The van der Waals surface area contributed by atoms with Crippen LogP contribution in [0.15, 0.2) is 60.7 Å². The highest BCUT2D eigenvalue weighted by molar-refractivity contribution is 5.43. The van der Waals surface area contributed by atoms with Crippen molar-refractivity contribution in [1.82, 2.24) is 0 Å². The maximum Gasteiger partial charge on any atom is 0.126 e. The SMILES string of the molecule is C[C@]12CCCCCC[C@H]1OC2(c1ccccc1)c1ccccc1. The van der Waals surface area contributed by atoms with Gasteiger partial charge in [-0.05, 0) is 24.0 Å². The molecule has 0 bridgehead atoms. The van der Waals surface area contributed by atoms with Gasteiger partial charge in [0.2, 0.25) is 0 Å². The highest BCUT2D eigenvalue weighted by atomic mass is 16.5. The van der Waals surface area contributed by atoms with Crippen LogP contribution in [-0.4, -0.2) is 6.10 Å². The summed E-state index contributed by atoms with van der Waals surface area (Å²) in [5.41, 5.74) is 2.53. The maximum absolute atomic E-state index is 6.74. The molecule has 0 unspecified atom stereocenters. The molecular weight excluding hydrogens is 280 g/mol. The molecule has 1 heterocycles. The monoisotopic (exact) mass is 306 g/mol. The van der Waals surface area contributed by atoms with Crippen molar-refractivity contribution in [3.8, 4) is 0 Å². The zero-order valence-electron chi connectivity index (χ0n) is 14.0. The minimum absolute atomic E-state index is 0.191. The molecule has 4 rings (SSSR count). The van der Waals surface area contributed by atoms with Crippen LogP contribution in [-0.2, 0) is 10.3 Å². The summed E-state index contributed by atoms with van der Waals surface area (Å²) < 4.78 is 6.74. The van der Waals surface area contributed by atoms with Crippen LogP contribution in [0.1, 0.15) is 56.6 Å². The second kappa shape index (κ2) is 5.79. The zero-order valence-corrected chi connectivity index (χ0v) is 14.0. The fourth-order valence-corrected chi connectivity index (χ4v) is 4.84. The van der Waals surface area contributed by atoms with E-state index < -0.39 is 0 Å². The Morgan fingerprint density at radius 3 is 1.96 bits per heavy atom. The maximum atomic E-state index is 6.74. The molecule has 120 valence electrons. The van der Waals surface area contributed by atoms with Crippen LogP contribution in [0.2, 0.25) is 0 Å². The molecular formula is C22H26O. The number of fused-ring (bicyclic) bond motifs is 1. The van der Waals surface area contributed by atoms with Crippen LogP contribution >= 0.6 is 0 Å². The molecule has 0 N–H and O–H groups in total. The van der Waals surface area contributed by atoms with E-state index in [-0.39, 0.29) is 11.0 Å². The van der Waals surface area contributed by atoms with E-state index in [0.717, 1.165) is 0 Å². The van der Waals surface area contributed by atoms with Crippen LogP contribution in [0.5, 0.6) is 0 Å². The van der Waals surface area contributed by atoms with Gasteiger partial charge in [-0.1, -0.05) is 93.3 Å². The first-order chi connectivity index (χ1) is 11.3. The molecule has 23 heavy (non-hydrogen) atoms. The molecule has 1 nitrogen and oxygen atoms in total. The molecule has 1 heteroatoms. The van der Waals surface area contributed by atoms with E-state index in [2.05, 4.69) is 67.6 Å². The molecule has 0 aromatic heterocycles. The van der Waals surface area contributed by atoms with E-state index in [1.165, 1.54) is 49.7 Å². The zero-order chi connectivity index (χ0) is 15.8. The van der Waals surface area contributed by atoms with Gasteiger partial charge >= 0.3 is 0 Å². The van der Waals surface area contributed by atoms with Crippen LogP contribution in [0, 0.1) is 5.41 Å². The molecule has 2 atom stereocenters. The summed E-state index contributed by atoms with van der Waals surface area (Å²) in [4.78, 5) is 0. The lowest BCUT2D eigenvalue weighted by Gasteiger charge is -2.64. The lowest BCUT2D eigenvalue weighted by Crippen LogP contribution is -2.66. The van der Waals surface area contributed by atoms with Gasteiger partial charge in [0.1, 0.15) is 5.60 Å². The van der Waals surface area contributed by atoms with Crippen molar-refractivity contribution < 1.29 is 4.74 Å². The number of ether oxygens (including phenoxy) is 1. The van der Waals surface area contributed by atoms with Crippen molar-refractivity contribution in [2.75, 3.05) is 0 Å². The minimum Gasteiger partial charge on any atom is -0.361 e. The van der Waals surface area contributed by atoms with E-state index in [1.54, 1.807) is 0 Å². The van der Waals surface area contributed by atoms with Gasteiger partial charge in [0.05, 0.1) is 6.10 Å². The lowest BCUT2D eigenvalue weighted by molar-refractivity contribution is -0.309.